The lowest BCUT2D eigenvalue weighted by Gasteiger charge is -2.14. The van der Waals surface area contributed by atoms with Crippen molar-refractivity contribution in [3.8, 4) is 0 Å². The summed E-state index contributed by atoms with van der Waals surface area (Å²) in [5, 5.41) is 1.97. The van der Waals surface area contributed by atoms with Crippen LogP contribution in [0, 0.1) is 0 Å². The fourth-order valence-corrected chi connectivity index (χ4v) is 3.64. The Labute approximate surface area is 111 Å². The number of rotatable bonds is 2. The summed E-state index contributed by atoms with van der Waals surface area (Å²) in [5.41, 5.74) is 1.00. The summed E-state index contributed by atoms with van der Waals surface area (Å²) in [6.07, 6.45) is 1.76. The van der Waals surface area contributed by atoms with Crippen LogP contribution in [0.4, 0.5) is 4.79 Å². The highest BCUT2D eigenvalue weighted by molar-refractivity contribution is 9.11. The average Bonchev–Trinajstić information content (AvgIpc) is 2.96. The molecule has 0 saturated carbocycles. The van der Waals surface area contributed by atoms with Crippen LogP contribution in [0.3, 0.4) is 0 Å². The summed E-state index contributed by atoms with van der Waals surface area (Å²) < 4.78 is 1.02. The van der Waals surface area contributed by atoms with Crippen LogP contribution < -0.4 is 0 Å². The van der Waals surface area contributed by atoms with Crippen molar-refractivity contribution in [2.24, 2.45) is 0 Å². The first-order chi connectivity index (χ1) is 8.16. The lowest BCUT2D eigenvalue weighted by atomic mass is 10.2. The Bertz CT molecular complexity index is 466. The van der Waals surface area contributed by atoms with Gasteiger partial charge in [0.05, 0.1) is 10.3 Å². The number of carbonyl (C=O) groups is 2. The lowest BCUT2D eigenvalue weighted by molar-refractivity contribution is -0.128. The number of hydrogen-bond acceptors (Lipinski definition) is 3. The maximum absolute atomic E-state index is 12.1. The number of amides is 3. The first-order valence-corrected chi connectivity index (χ1v) is 7.19. The van der Waals surface area contributed by atoms with Crippen LogP contribution in [0.5, 0.6) is 0 Å². The molecule has 90 valence electrons. The van der Waals surface area contributed by atoms with Crippen LogP contribution in [0.1, 0.15) is 18.4 Å². The summed E-state index contributed by atoms with van der Waals surface area (Å²) in [5.74, 6) is -0.0326. The van der Waals surface area contributed by atoms with Gasteiger partial charge in [0.1, 0.15) is 6.04 Å². The number of halogens is 1. The van der Waals surface area contributed by atoms with E-state index in [1.165, 1.54) is 4.90 Å². The minimum atomic E-state index is -0.190. The van der Waals surface area contributed by atoms with E-state index >= 15 is 0 Å². The molecule has 3 heterocycles. The number of imide groups is 1. The van der Waals surface area contributed by atoms with E-state index in [2.05, 4.69) is 15.9 Å². The van der Waals surface area contributed by atoms with Gasteiger partial charge in [0.25, 0.3) is 5.91 Å². The molecule has 1 aromatic rings. The van der Waals surface area contributed by atoms with Crippen LogP contribution in [0.2, 0.25) is 0 Å². The molecular weight excluding hydrogens is 304 g/mol. The Hall–Kier alpha value is -0.880. The number of urea groups is 1. The number of fused-ring (bicyclic) bond motifs is 1. The minimum absolute atomic E-state index is 0.0326. The van der Waals surface area contributed by atoms with Gasteiger partial charge in [-0.15, -0.1) is 11.3 Å². The highest BCUT2D eigenvalue weighted by atomic mass is 79.9. The maximum Gasteiger partial charge on any atom is 0.327 e. The second-order valence-corrected chi connectivity index (χ2v) is 6.61. The minimum Gasteiger partial charge on any atom is -0.312 e. The SMILES string of the molecule is O=C1[C@H]2CCCN2C(=O)N1Cc1csc(Br)c1. The summed E-state index contributed by atoms with van der Waals surface area (Å²) in [7, 11) is 0. The van der Waals surface area contributed by atoms with Gasteiger partial charge in [-0.25, -0.2) is 4.79 Å². The third-order valence-corrected chi connectivity index (χ3v) is 4.80. The standard InChI is InChI=1S/C11H11BrN2O2S/c12-9-4-7(6-17-9)5-14-10(15)8-2-1-3-13(8)11(14)16/h4,6,8H,1-3,5H2/t8-/m1/s1. The van der Waals surface area contributed by atoms with Crippen molar-refractivity contribution in [2.45, 2.75) is 25.4 Å². The van der Waals surface area contributed by atoms with Crippen LogP contribution >= 0.6 is 27.3 Å². The predicted molar refractivity (Wildman–Crippen MR) is 67.7 cm³/mol. The zero-order valence-electron chi connectivity index (χ0n) is 9.06. The first-order valence-electron chi connectivity index (χ1n) is 5.52. The molecule has 0 radical (unpaired) electrons. The molecule has 2 saturated heterocycles. The van der Waals surface area contributed by atoms with Gasteiger partial charge in [0.15, 0.2) is 0 Å². The first kappa shape index (κ1) is 11.2. The average molecular weight is 315 g/mol. The van der Waals surface area contributed by atoms with E-state index < -0.39 is 0 Å². The van der Waals surface area contributed by atoms with E-state index in [4.69, 9.17) is 0 Å². The molecule has 6 heteroatoms. The second kappa shape index (κ2) is 4.10. The van der Waals surface area contributed by atoms with Crippen LogP contribution in [0.15, 0.2) is 15.2 Å². The molecular formula is C11H11BrN2O2S. The third-order valence-electron chi connectivity index (χ3n) is 3.24. The quantitative estimate of drug-likeness (QED) is 0.787. The Balaban J connectivity index is 1.80. The summed E-state index contributed by atoms with van der Waals surface area (Å²) in [4.78, 5) is 27.2. The molecule has 0 N–H and O–H groups in total. The highest BCUT2D eigenvalue weighted by Crippen LogP contribution is 2.29. The Morgan fingerprint density at radius 1 is 1.47 bits per heavy atom. The summed E-state index contributed by atoms with van der Waals surface area (Å²) in [6.45, 7) is 1.12. The largest absolute Gasteiger partial charge is 0.327 e. The molecule has 2 aliphatic heterocycles. The van der Waals surface area contributed by atoms with Crippen molar-refractivity contribution >= 4 is 39.2 Å². The van der Waals surface area contributed by atoms with Crippen LogP contribution in [0.25, 0.3) is 0 Å². The molecule has 0 spiro atoms. The van der Waals surface area contributed by atoms with Gasteiger partial charge in [0, 0.05) is 6.54 Å². The Morgan fingerprint density at radius 2 is 2.29 bits per heavy atom. The zero-order chi connectivity index (χ0) is 12.0. The van der Waals surface area contributed by atoms with E-state index in [9.17, 15) is 9.59 Å². The van der Waals surface area contributed by atoms with Crippen molar-refractivity contribution in [3.05, 3.63) is 20.8 Å². The number of nitrogens with zero attached hydrogens (tertiary/aromatic N) is 2. The molecule has 3 amide bonds. The van der Waals surface area contributed by atoms with Crippen molar-refractivity contribution in [3.63, 3.8) is 0 Å². The maximum atomic E-state index is 12.1. The topological polar surface area (TPSA) is 40.6 Å². The molecule has 0 unspecified atom stereocenters. The molecule has 17 heavy (non-hydrogen) atoms. The van der Waals surface area contributed by atoms with Crippen LogP contribution in [-0.4, -0.2) is 34.3 Å². The Kier molecular flexibility index (Phi) is 2.71. The smallest absolute Gasteiger partial charge is 0.312 e. The van der Waals surface area contributed by atoms with E-state index in [-0.39, 0.29) is 18.0 Å². The van der Waals surface area contributed by atoms with Gasteiger partial charge in [0.2, 0.25) is 0 Å². The molecule has 2 fully saturated rings. The Morgan fingerprint density at radius 3 is 2.94 bits per heavy atom. The van der Waals surface area contributed by atoms with Gasteiger partial charge < -0.3 is 4.90 Å². The van der Waals surface area contributed by atoms with Gasteiger partial charge in [-0.05, 0) is 45.8 Å². The molecule has 0 bridgehead atoms. The predicted octanol–water partition coefficient (Wildman–Crippen LogP) is 2.44. The molecule has 4 nitrogen and oxygen atoms in total. The van der Waals surface area contributed by atoms with Crippen molar-refractivity contribution in [1.82, 2.24) is 9.80 Å². The molecule has 1 aromatic heterocycles. The lowest BCUT2D eigenvalue weighted by Crippen LogP contribution is -2.32. The summed E-state index contributed by atoms with van der Waals surface area (Å²) in [6, 6.07) is 1.64. The van der Waals surface area contributed by atoms with E-state index in [1.807, 2.05) is 11.4 Å². The van der Waals surface area contributed by atoms with Gasteiger partial charge in [-0.2, -0.15) is 0 Å². The third kappa shape index (κ3) is 1.79. The van der Waals surface area contributed by atoms with E-state index in [1.54, 1.807) is 16.2 Å². The molecule has 3 rings (SSSR count). The van der Waals surface area contributed by atoms with Gasteiger partial charge in [-0.1, -0.05) is 0 Å². The fraction of sp³-hybridized carbons (Fsp3) is 0.455. The van der Waals surface area contributed by atoms with Crippen molar-refractivity contribution < 1.29 is 9.59 Å². The van der Waals surface area contributed by atoms with E-state index in [0.717, 1.165) is 28.7 Å². The monoisotopic (exact) mass is 314 g/mol. The normalized spacial score (nSPS) is 23.7. The molecule has 1 atom stereocenters. The van der Waals surface area contributed by atoms with Crippen LogP contribution in [-0.2, 0) is 11.3 Å². The molecule has 0 aliphatic carbocycles. The fourth-order valence-electron chi connectivity index (χ4n) is 2.44. The highest BCUT2D eigenvalue weighted by Gasteiger charge is 2.47. The van der Waals surface area contributed by atoms with Crippen molar-refractivity contribution in [1.29, 1.82) is 0 Å². The number of hydrogen-bond donors (Lipinski definition) is 0. The number of thiophene rings is 1. The van der Waals surface area contributed by atoms with Gasteiger partial charge in [-0.3, -0.25) is 9.69 Å². The van der Waals surface area contributed by atoms with Gasteiger partial charge >= 0.3 is 6.03 Å². The summed E-state index contributed by atoms with van der Waals surface area (Å²) >= 11 is 4.95. The second-order valence-electron chi connectivity index (χ2n) is 4.32. The van der Waals surface area contributed by atoms with Crippen molar-refractivity contribution in [2.75, 3.05) is 6.54 Å². The number of carbonyl (C=O) groups excluding carboxylic acids is 2. The zero-order valence-corrected chi connectivity index (χ0v) is 11.5. The van der Waals surface area contributed by atoms with E-state index in [0.29, 0.717) is 6.54 Å². The molecule has 2 aliphatic rings. The molecule has 0 aromatic carbocycles.